The fraction of sp³-hybridized carbons (Fsp3) is 0.263. The van der Waals surface area contributed by atoms with E-state index in [0.29, 0.717) is 25.2 Å². The van der Waals surface area contributed by atoms with E-state index in [2.05, 4.69) is 5.32 Å². The van der Waals surface area contributed by atoms with E-state index in [-0.39, 0.29) is 17.6 Å². The second-order valence-corrected chi connectivity index (χ2v) is 5.69. The van der Waals surface area contributed by atoms with E-state index >= 15 is 0 Å². The Bertz CT molecular complexity index is 696. The van der Waals surface area contributed by atoms with Gasteiger partial charge in [0.1, 0.15) is 5.82 Å². The quantitative estimate of drug-likeness (QED) is 0.886. The summed E-state index contributed by atoms with van der Waals surface area (Å²) in [6.07, 6.45) is 0. The van der Waals surface area contributed by atoms with Crippen molar-refractivity contribution < 1.29 is 14.0 Å². The number of carbonyl (C=O) groups excluding carboxylic acids is 2. The predicted octanol–water partition coefficient (Wildman–Crippen LogP) is 2.91. The van der Waals surface area contributed by atoms with Crippen LogP contribution in [0.25, 0.3) is 0 Å². The zero-order chi connectivity index (χ0) is 17.5. The molecule has 0 heterocycles. The Hall–Kier alpha value is -2.69. The van der Waals surface area contributed by atoms with E-state index in [0.717, 1.165) is 11.1 Å². The molecular formula is C19H21FN2O2. The van der Waals surface area contributed by atoms with Crippen LogP contribution in [-0.4, -0.2) is 29.8 Å². The van der Waals surface area contributed by atoms with Crippen molar-refractivity contribution in [2.45, 2.75) is 20.4 Å². The van der Waals surface area contributed by atoms with Crippen LogP contribution in [0.4, 0.5) is 4.39 Å². The minimum Gasteiger partial charge on any atom is -0.350 e. The summed E-state index contributed by atoms with van der Waals surface area (Å²) in [5, 5.41) is 2.81. The van der Waals surface area contributed by atoms with E-state index in [1.165, 1.54) is 19.1 Å². The molecule has 0 aliphatic carbocycles. The third kappa shape index (κ3) is 5.19. The summed E-state index contributed by atoms with van der Waals surface area (Å²) in [6.45, 7) is 4.57. The number of rotatable bonds is 6. The van der Waals surface area contributed by atoms with Crippen LogP contribution < -0.4 is 5.32 Å². The van der Waals surface area contributed by atoms with Gasteiger partial charge >= 0.3 is 0 Å². The Morgan fingerprint density at radius 1 is 1.04 bits per heavy atom. The number of nitrogens with zero attached hydrogens (tertiary/aromatic N) is 1. The Kier molecular flexibility index (Phi) is 6.07. The smallest absolute Gasteiger partial charge is 0.251 e. The topological polar surface area (TPSA) is 49.4 Å². The Morgan fingerprint density at radius 3 is 2.25 bits per heavy atom. The van der Waals surface area contributed by atoms with Crippen LogP contribution in [0.15, 0.2) is 48.5 Å². The van der Waals surface area contributed by atoms with Gasteiger partial charge in [-0.1, -0.05) is 29.8 Å². The molecule has 0 spiro atoms. The second kappa shape index (κ2) is 8.24. The summed E-state index contributed by atoms with van der Waals surface area (Å²) in [7, 11) is 0. The third-order valence-electron chi connectivity index (χ3n) is 3.71. The van der Waals surface area contributed by atoms with Gasteiger partial charge in [-0.3, -0.25) is 9.59 Å². The van der Waals surface area contributed by atoms with Gasteiger partial charge in [0, 0.05) is 32.1 Å². The number of nitrogens with one attached hydrogen (secondary N) is 1. The van der Waals surface area contributed by atoms with Gasteiger partial charge < -0.3 is 10.2 Å². The molecule has 2 aromatic rings. The van der Waals surface area contributed by atoms with Gasteiger partial charge in [-0.15, -0.1) is 0 Å². The predicted molar refractivity (Wildman–Crippen MR) is 91.0 cm³/mol. The highest BCUT2D eigenvalue weighted by molar-refractivity contribution is 5.94. The first kappa shape index (κ1) is 17.7. The van der Waals surface area contributed by atoms with E-state index in [1.54, 1.807) is 29.2 Å². The van der Waals surface area contributed by atoms with Gasteiger partial charge in [-0.2, -0.15) is 0 Å². The molecule has 4 nitrogen and oxygen atoms in total. The molecule has 24 heavy (non-hydrogen) atoms. The highest BCUT2D eigenvalue weighted by atomic mass is 19.1. The maximum atomic E-state index is 12.9. The maximum Gasteiger partial charge on any atom is 0.251 e. The number of carbonyl (C=O) groups is 2. The van der Waals surface area contributed by atoms with Gasteiger partial charge in [-0.25, -0.2) is 4.39 Å². The molecule has 0 aromatic heterocycles. The van der Waals surface area contributed by atoms with Crippen LogP contribution in [0.2, 0.25) is 0 Å². The van der Waals surface area contributed by atoms with Gasteiger partial charge in [-0.05, 0) is 36.8 Å². The highest BCUT2D eigenvalue weighted by Gasteiger charge is 2.11. The lowest BCUT2D eigenvalue weighted by Crippen LogP contribution is -2.37. The number of benzene rings is 2. The van der Waals surface area contributed by atoms with Gasteiger partial charge in [0.05, 0.1) is 0 Å². The monoisotopic (exact) mass is 328 g/mol. The van der Waals surface area contributed by atoms with E-state index in [1.807, 2.05) is 19.1 Å². The molecule has 2 amide bonds. The lowest BCUT2D eigenvalue weighted by molar-refractivity contribution is -0.129. The summed E-state index contributed by atoms with van der Waals surface area (Å²) >= 11 is 0. The fourth-order valence-corrected chi connectivity index (χ4v) is 2.27. The average Bonchev–Trinajstić information content (AvgIpc) is 2.56. The minimum absolute atomic E-state index is 0.0936. The van der Waals surface area contributed by atoms with Crippen LogP contribution in [0.3, 0.4) is 0 Å². The molecular weight excluding hydrogens is 307 g/mol. The average molecular weight is 328 g/mol. The fourth-order valence-electron chi connectivity index (χ4n) is 2.27. The molecule has 2 rings (SSSR count). The van der Waals surface area contributed by atoms with E-state index in [4.69, 9.17) is 0 Å². The Balaban J connectivity index is 1.87. The number of hydrogen-bond acceptors (Lipinski definition) is 2. The van der Waals surface area contributed by atoms with Crippen molar-refractivity contribution in [3.8, 4) is 0 Å². The van der Waals surface area contributed by atoms with Crippen molar-refractivity contribution in [2.75, 3.05) is 13.1 Å². The summed E-state index contributed by atoms with van der Waals surface area (Å²) < 4.78 is 12.9. The minimum atomic E-state index is -0.307. The molecule has 1 N–H and O–H groups in total. The number of amides is 2. The highest BCUT2D eigenvalue weighted by Crippen LogP contribution is 2.07. The van der Waals surface area contributed by atoms with E-state index < -0.39 is 0 Å². The number of aryl methyl sites for hydroxylation is 1. The Morgan fingerprint density at radius 2 is 1.67 bits per heavy atom. The molecule has 0 atom stereocenters. The number of hydrogen-bond donors (Lipinski definition) is 1. The Labute approximate surface area is 141 Å². The largest absolute Gasteiger partial charge is 0.350 e. The first-order valence-corrected chi connectivity index (χ1v) is 7.80. The maximum absolute atomic E-state index is 12.9. The molecule has 0 fully saturated rings. The first-order valence-electron chi connectivity index (χ1n) is 7.80. The molecule has 0 saturated heterocycles. The van der Waals surface area contributed by atoms with Crippen molar-refractivity contribution in [3.05, 3.63) is 71.0 Å². The molecule has 0 aliphatic rings. The summed E-state index contributed by atoms with van der Waals surface area (Å²) in [5.74, 6) is -0.567. The molecule has 0 radical (unpaired) electrons. The normalized spacial score (nSPS) is 10.3. The third-order valence-corrected chi connectivity index (χ3v) is 3.71. The molecule has 0 bridgehead atoms. The number of halogens is 1. The zero-order valence-electron chi connectivity index (χ0n) is 13.9. The van der Waals surface area contributed by atoms with Crippen LogP contribution >= 0.6 is 0 Å². The second-order valence-electron chi connectivity index (χ2n) is 5.69. The van der Waals surface area contributed by atoms with Gasteiger partial charge in [0.15, 0.2) is 0 Å². The SMILES string of the molecule is CC(=O)N(CCNC(=O)c1ccc(C)cc1)Cc1ccc(F)cc1. The molecule has 2 aromatic carbocycles. The van der Waals surface area contributed by atoms with Gasteiger partial charge in [0.2, 0.25) is 5.91 Å². The molecule has 5 heteroatoms. The zero-order valence-corrected chi connectivity index (χ0v) is 13.9. The van der Waals surface area contributed by atoms with Crippen molar-refractivity contribution in [3.63, 3.8) is 0 Å². The molecule has 126 valence electrons. The lowest BCUT2D eigenvalue weighted by Gasteiger charge is -2.21. The van der Waals surface area contributed by atoms with Crippen LogP contribution in [0.1, 0.15) is 28.4 Å². The van der Waals surface area contributed by atoms with Crippen LogP contribution in [0.5, 0.6) is 0 Å². The van der Waals surface area contributed by atoms with Gasteiger partial charge in [0.25, 0.3) is 5.91 Å². The first-order chi connectivity index (χ1) is 11.5. The summed E-state index contributed by atoms with van der Waals surface area (Å²) in [4.78, 5) is 25.4. The lowest BCUT2D eigenvalue weighted by atomic mass is 10.1. The van der Waals surface area contributed by atoms with Crippen molar-refractivity contribution in [1.82, 2.24) is 10.2 Å². The van der Waals surface area contributed by atoms with Crippen LogP contribution in [0, 0.1) is 12.7 Å². The van der Waals surface area contributed by atoms with Crippen molar-refractivity contribution >= 4 is 11.8 Å². The van der Waals surface area contributed by atoms with Crippen molar-refractivity contribution in [1.29, 1.82) is 0 Å². The molecule has 0 saturated carbocycles. The molecule has 0 aliphatic heterocycles. The molecule has 0 unspecified atom stereocenters. The standard InChI is InChI=1S/C19H21FN2O2/c1-14-3-7-17(8-4-14)19(24)21-11-12-22(15(2)23)13-16-5-9-18(20)10-6-16/h3-10H,11-13H2,1-2H3,(H,21,24). The van der Waals surface area contributed by atoms with Crippen LogP contribution in [-0.2, 0) is 11.3 Å². The summed E-state index contributed by atoms with van der Waals surface area (Å²) in [6, 6.07) is 13.3. The van der Waals surface area contributed by atoms with Crippen molar-refractivity contribution in [2.24, 2.45) is 0 Å². The van der Waals surface area contributed by atoms with E-state index in [9.17, 15) is 14.0 Å². The summed E-state index contributed by atoms with van der Waals surface area (Å²) in [5.41, 5.74) is 2.53.